The zero-order valence-electron chi connectivity index (χ0n) is 18.2. The van der Waals surface area contributed by atoms with Gasteiger partial charge in [0.2, 0.25) is 0 Å². The van der Waals surface area contributed by atoms with Crippen molar-refractivity contribution in [2.45, 2.75) is 92.6 Å². The van der Waals surface area contributed by atoms with Crippen LogP contribution in [0.1, 0.15) is 87.0 Å². The van der Waals surface area contributed by atoms with Crippen molar-refractivity contribution in [3.63, 3.8) is 0 Å². The Bertz CT molecular complexity index is 708. The molecule has 1 unspecified atom stereocenters. The Morgan fingerprint density at radius 1 is 0.889 bits per heavy atom. The van der Waals surface area contributed by atoms with E-state index in [9.17, 15) is 14.7 Å². The predicted octanol–water partition coefficient (Wildman–Crippen LogP) is 5.80. The van der Waals surface area contributed by atoms with Gasteiger partial charge in [0.25, 0.3) is 0 Å². The molecular formula is C24H36O3. The molecule has 3 heteroatoms. The van der Waals surface area contributed by atoms with E-state index in [4.69, 9.17) is 0 Å². The lowest BCUT2D eigenvalue weighted by atomic mass is 9.82. The molecule has 1 N–H and O–H groups in total. The van der Waals surface area contributed by atoms with Gasteiger partial charge in [0, 0.05) is 22.3 Å². The maximum absolute atomic E-state index is 12.5. The second-order valence-corrected chi connectivity index (χ2v) is 8.42. The van der Waals surface area contributed by atoms with E-state index >= 15 is 0 Å². The summed E-state index contributed by atoms with van der Waals surface area (Å²) in [5.41, 5.74) is 4.01. The van der Waals surface area contributed by atoms with Gasteiger partial charge in [-0.15, -0.1) is 0 Å². The first-order chi connectivity index (χ1) is 12.5. The number of allylic oxidation sites excluding steroid dienone is 8. The molecule has 0 aliphatic heterocycles. The second-order valence-electron chi connectivity index (χ2n) is 8.42. The third kappa shape index (κ3) is 7.06. The van der Waals surface area contributed by atoms with Gasteiger partial charge in [-0.3, -0.25) is 9.59 Å². The Morgan fingerprint density at radius 3 is 2.07 bits per heavy atom. The van der Waals surface area contributed by atoms with Crippen molar-refractivity contribution in [3.8, 4) is 0 Å². The summed E-state index contributed by atoms with van der Waals surface area (Å²) in [6, 6.07) is 0. The van der Waals surface area contributed by atoms with Crippen LogP contribution in [0.15, 0.2) is 45.6 Å². The molecule has 3 nitrogen and oxygen atoms in total. The smallest absolute Gasteiger partial charge is 0.185 e. The summed E-state index contributed by atoms with van der Waals surface area (Å²) < 4.78 is 0. The summed E-state index contributed by atoms with van der Waals surface area (Å²) in [5.74, 6) is -0.0907. The molecule has 0 spiro atoms. The second kappa shape index (κ2) is 9.98. The summed E-state index contributed by atoms with van der Waals surface area (Å²) in [6.45, 7) is 13.3. The number of ketones is 2. The summed E-state index contributed by atoms with van der Waals surface area (Å²) in [6.07, 6.45) is 8.92. The normalized spacial score (nSPS) is 18.1. The van der Waals surface area contributed by atoms with Crippen LogP contribution in [0.5, 0.6) is 0 Å². The van der Waals surface area contributed by atoms with E-state index < -0.39 is 5.60 Å². The Morgan fingerprint density at radius 2 is 1.48 bits per heavy atom. The van der Waals surface area contributed by atoms with Crippen LogP contribution in [-0.2, 0) is 9.59 Å². The number of hydrogen-bond acceptors (Lipinski definition) is 3. The summed E-state index contributed by atoms with van der Waals surface area (Å²) in [4.78, 5) is 24.7. The molecule has 1 aliphatic carbocycles. The van der Waals surface area contributed by atoms with Crippen molar-refractivity contribution < 1.29 is 14.7 Å². The number of aliphatic hydroxyl groups is 1. The molecule has 27 heavy (non-hydrogen) atoms. The van der Waals surface area contributed by atoms with Gasteiger partial charge in [-0.25, -0.2) is 0 Å². The number of Topliss-reactive ketones (excluding diaryl/α,β-unsaturated/α-hetero) is 2. The van der Waals surface area contributed by atoms with Crippen LogP contribution >= 0.6 is 0 Å². The molecule has 1 aliphatic rings. The minimum absolute atomic E-state index is 0.0448. The van der Waals surface area contributed by atoms with Gasteiger partial charge in [-0.1, -0.05) is 23.3 Å². The molecule has 0 bridgehead atoms. The largest absolute Gasteiger partial charge is 0.390 e. The zero-order valence-corrected chi connectivity index (χ0v) is 18.2. The molecule has 0 aromatic rings. The molecule has 0 heterocycles. The van der Waals surface area contributed by atoms with Gasteiger partial charge in [-0.05, 0) is 87.0 Å². The third-order valence-corrected chi connectivity index (χ3v) is 5.49. The Labute approximate surface area is 164 Å². The average molecular weight is 373 g/mol. The van der Waals surface area contributed by atoms with Crippen LogP contribution in [0.2, 0.25) is 0 Å². The minimum Gasteiger partial charge on any atom is -0.390 e. The van der Waals surface area contributed by atoms with Crippen molar-refractivity contribution in [1.82, 2.24) is 0 Å². The van der Waals surface area contributed by atoms with Gasteiger partial charge in [-0.2, -0.15) is 0 Å². The van der Waals surface area contributed by atoms with E-state index in [0.29, 0.717) is 41.6 Å². The van der Waals surface area contributed by atoms with Crippen molar-refractivity contribution in [2.24, 2.45) is 0 Å². The average Bonchev–Trinajstić information content (AvgIpc) is 2.57. The first-order valence-corrected chi connectivity index (χ1v) is 9.94. The molecule has 0 amide bonds. The molecule has 0 fully saturated rings. The highest BCUT2D eigenvalue weighted by atomic mass is 16.3. The fourth-order valence-corrected chi connectivity index (χ4v) is 3.30. The maximum Gasteiger partial charge on any atom is 0.185 e. The van der Waals surface area contributed by atoms with E-state index in [2.05, 4.69) is 32.9 Å². The first kappa shape index (κ1) is 23.3. The monoisotopic (exact) mass is 372 g/mol. The predicted molar refractivity (Wildman–Crippen MR) is 113 cm³/mol. The highest BCUT2D eigenvalue weighted by Crippen LogP contribution is 2.30. The van der Waals surface area contributed by atoms with Crippen LogP contribution in [0, 0.1) is 0 Å². The van der Waals surface area contributed by atoms with Crippen molar-refractivity contribution in [1.29, 1.82) is 0 Å². The van der Waals surface area contributed by atoms with Gasteiger partial charge in [0.05, 0.1) is 5.60 Å². The zero-order chi connectivity index (χ0) is 20.8. The molecule has 1 rings (SSSR count). The Balaban J connectivity index is 2.60. The molecule has 0 saturated carbocycles. The number of hydrogen-bond donors (Lipinski definition) is 1. The molecule has 0 radical (unpaired) electrons. The summed E-state index contributed by atoms with van der Waals surface area (Å²) in [7, 11) is 0. The molecular weight excluding hydrogens is 336 g/mol. The number of carbonyl (C=O) groups excluding carboxylic acids is 2. The van der Waals surface area contributed by atoms with E-state index in [-0.39, 0.29) is 11.6 Å². The van der Waals surface area contributed by atoms with Crippen LogP contribution in [0.3, 0.4) is 0 Å². The first-order valence-electron chi connectivity index (χ1n) is 9.94. The molecule has 1 atom stereocenters. The van der Waals surface area contributed by atoms with E-state index in [1.54, 1.807) is 20.8 Å². The quantitative estimate of drug-likeness (QED) is 0.411. The maximum atomic E-state index is 12.5. The standard InChI is InChI=1S/C24H36O3/c1-16(2)10-8-11-17(3)12-9-14-24(7,27)15-13-21-20(6)22(25)18(4)19(5)23(21)26/h10,12,27H,8-9,11,13-15H2,1-7H3. The molecule has 0 aromatic carbocycles. The number of rotatable bonds is 9. The van der Waals surface area contributed by atoms with Crippen molar-refractivity contribution in [3.05, 3.63) is 45.6 Å². The summed E-state index contributed by atoms with van der Waals surface area (Å²) in [5, 5.41) is 10.7. The fraction of sp³-hybridized carbons (Fsp3) is 0.583. The van der Waals surface area contributed by atoms with Crippen LogP contribution in [0.25, 0.3) is 0 Å². The number of carbonyl (C=O) groups is 2. The summed E-state index contributed by atoms with van der Waals surface area (Å²) >= 11 is 0. The van der Waals surface area contributed by atoms with Gasteiger partial charge in [0.15, 0.2) is 11.6 Å². The molecule has 0 aromatic heterocycles. The van der Waals surface area contributed by atoms with Crippen LogP contribution in [-0.4, -0.2) is 22.3 Å². The van der Waals surface area contributed by atoms with Gasteiger partial charge < -0.3 is 5.11 Å². The lowest BCUT2D eigenvalue weighted by molar-refractivity contribution is -0.116. The van der Waals surface area contributed by atoms with E-state index in [0.717, 1.165) is 19.3 Å². The Hall–Kier alpha value is -1.74. The van der Waals surface area contributed by atoms with E-state index in [1.807, 2.05) is 6.92 Å². The fourth-order valence-electron chi connectivity index (χ4n) is 3.30. The van der Waals surface area contributed by atoms with E-state index in [1.165, 1.54) is 11.1 Å². The molecule has 0 saturated heterocycles. The lowest BCUT2D eigenvalue weighted by Crippen LogP contribution is -2.26. The highest BCUT2D eigenvalue weighted by Gasteiger charge is 2.29. The van der Waals surface area contributed by atoms with Gasteiger partial charge in [0.1, 0.15) is 0 Å². The third-order valence-electron chi connectivity index (χ3n) is 5.49. The topological polar surface area (TPSA) is 54.4 Å². The Kier molecular flexibility index (Phi) is 8.61. The van der Waals surface area contributed by atoms with Gasteiger partial charge >= 0.3 is 0 Å². The van der Waals surface area contributed by atoms with Crippen molar-refractivity contribution >= 4 is 11.6 Å². The lowest BCUT2D eigenvalue weighted by Gasteiger charge is -2.25. The SMILES string of the molecule is CC(C)=CCCC(C)=CCCC(C)(O)CCC1=C(C)C(=O)C(C)=C(C)C1=O. The minimum atomic E-state index is -0.850. The van der Waals surface area contributed by atoms with Crippen molar-refractivity contribution in [2.75, 3.05) is 0 Å². The van der Waals surface area contributed by atoms with Crippen LogP contribution < -0.4 is 0 Å². The molecule has 150 valence electrons. The highest BCUT2D eigenvalue weighted by molar-refractivity contribution is 6.24. The van der Waals surface area contributed by atoms with Crippen LogP contribution in [0.4, 0.5) is 0 Å².